The molecule has 114 valence electrons. The lowest BCUT2D eigenvalue weighted by Crippen LogP contribution is -2.28. The van der Waals surface area contributed by atoms with Gasteiger partial charge in [0.15, 0.2) is 0 Å². The Bertz CT molecular complexity index is 375. The van der Waals surface area contributed by atoms with Crippen molar-refractivity contribution in [2.75, 3.05) is 19.7 Å². The van der Waals surface area contributed by atoms with Crippen molar-refractivity contribution in [3.63, 3.8) is 0 Å². The molecule has 0 amide bonds. The highest BCUT2D eigenvalue weighted by Crippen LogP contribution is 2.20. The highest BCUT2D eigenvalue weighted by Gasteiger charge is 2.17. The number of aliphatic hydroxyl groups is 2. The minimum Gasteiger partial charge on any atom is -0.396 e. The van der Waals surface area contributed by atoms with E-state index >= 15 is 0 Å². The Hall–Kier alpha value is -1.04. The Balaban J connectivity index is 2.48. The highest BCUT2D eigenvalue weighted by molar-refractivity contribution is 5.22. The lowest BCUT2D eigenvalue weighted by molar-refractivity contribution is 0.161. The third kappa shape index (κ3) is 5.15. The first-order valence-corrected chi connectivity index (χ1v) is 7.03. The lowest BCUT2D eigenvalue weighted by atomic mass is 10.00. The highest BCUT2D eigenvalue weighted by atomic mass is 19.1. The molecule has 0 aromatic heterocycles. The Morgan fingerprint density at radius 1 is 1.15 bits per heavy atom. The number of aliphatic hydroxyl groups excluding tert-OH is 2. The molecule has 0 aliphatic heterocycles. The molecule has 0 heterocycles. The molecule has 1 rings (SSSR count). The van der Waals surface area contributed by atoms with Crippen LogP contribution in [-0.4, -0.2) is 29.9 Å². The Morgan fingerprint density at radius 3 is 2.35 bits per heavy atom. The Kier molecular flexibility index (Phi) is 7.65. The van der Waals surface area contributed by atoms with Gasteiger partial charge in [0.05, 0.1) is 11.7 Å². The van der Waals surface area contributed by atoms with Gasteiger partial charge in [-0.2, -0.15) is 0 Å². The summed E-state index contributed by atoms with van der Waals surface area (Å²) in [5.41, 5.74) is -0.297. The van der Waals surface area contributed by atoms with E-state index in [2.05, 4.69) is 12.2 Å². The summed E-state index contributed by atoms with van der Waals surface area (Å²) in [6, 6.07) is 3.54. The van der Waals surface area contributed by atoms with E-state index < -0.39 is 17.7 Å². The zero-order valence-electron chi connectivity index (χ0n) is 11.8. The van der Waals surface area contributed by atoms with Crippen molar-refractivity contribution in [3.05, 3.63) is 35.4 Å². The maximum atomic E-state index is 13.5. The fourth-order valence-corrected chi connectivity index (χ4v) is 2.29. The summed E-state index contributed by atoms with van der Waals surface area (Å²) in [6.07, 6.45) is 1.45. The van der Waals surface area contributed by atoms with E-state index in [1.165, 1.54) is 6.07 Å². The van der Waals surface area contributed by atoms with Gasteiger partial charge in [-0.15, -0.1) is 0 Å². The van der Waals surface area contributed by atoms with Crippen LogP contribution in [0.1, 0.15) is 37.9 Å². The summed E-state index contributed by atoms with van der Waals surface area (Å²) in [6.45, 7) is 2.88. The smallest absolute Gasteiger partial charge is 0.131 e. The van der Waals surface area contributed by atoms with Crippen molar-refractivity contribution in [2.24, 2.45) is 5.92 Å². The van der Waals surface area contributed by atoms with E-state index in [9.17, 15) is 13.9 Å². The van der Waals surface area contributed by atoms with Crippen LogP contribution in [0.4, 0.5) is 8.78 Å². The summed E-state index contributed by atoms with van der Waals surface area (Å²) in [7, 11) is 0. The van der Waals surface area contributed by atoms with Gasteiger partial charge >= 0.3 is 0 Å². The molecular weight excluding hydrogens is 264 g/mol. The molecule has 0 radical (unpaired) electrons. The van der Waals surface area contributed by atoms with Gasteiger partial charge in [0.1, 0.15) is 11.6 Å². The minimum absolute atomic E-state index is 0.0868. The van der Waals surface area contributed by atoms with Crippen LogP contribution in [-0.2, 0) is 0 Å². The molecule has 20 heavy (non-hydrogen) atoms. The third-order valence-corrected chi connectivity index (χ3v) is 3.34. The third-order valence-electron chi connectivity index (χ3n) is 3.34. The first kappa shape index (κ1) is 17.0. The van der Waals surface area contributed by atoms with Crippen LogP contribution < -0.4 is 5.32 Å². The van der Waals surface area contributed by atoms with Crippen molar-refractivity contribution in [2.45, 2.75) is 32.3 Å². The van der Waals surface area contributed by atoms with Gasteiger partial charge < -0.3 is 15.5 Å². The van der Waals surface area contributed by atoms with Gasteiger partial charge in [0.2, 0.25) is 0 Å². The van der Waals surface area contributed by atoms with Crippen LogP contribution >= 0.6 is 0 Å². The summed E-state index contributed by atoms with van der Waals surface area (Å²) in [5.74, 6) is -1.16. The van der Waals surface area contributed by atoms with Gasteiger partial charge in [-0.1, -0.05) is 19.4 Å². The van der Waals surface area contributed by atoms with Gasteiger partial charge in [-0.05, 0) is 37.4 Å². The normalized spacial score (nSPS) is 14.2. The number of hydrogen-bond acceptors (Lipinski definition) is 3. The molecule has 3 nitrogen and oxygen atoms in total. The van der Waals surface area contributed by atoms with Crippen LogP contribution in [0.25, 0.3) is 0 Å². The van der Waals surface area contributed by atoms with E-state index in [4.69, 9.17) is 5.11 Å². The molecule has 0 saturated carbocycles. The topological polar surface area (TPSA) is 52.5 Å². The van der Waals surface area contributed by atoms with Crippen molar-refractivity contribution in [3.8, 4) is 0 Å². The van der Waals surface area contributed by atoms with E-state index in [0.717, 1.165) is 25.0 Å². The maximum absolute atomic E-state index is 13.5. The van der Waals surface area contributed by atoms with Gasteiger partial charge in [0, 0.05) is 13.2 Å². The van der Waals surface area contributed by atoms with Crippen molar-refractivity contribution in [1.82, 2.24) is 5.32 Å². The molecule has 0 aliphatic rings. The zero-order valence-corrected chi connectivity index (χ0v) is 11.8. The second-order valence-corrected chi connectivity index (χ2v) is 4.98. The molecule has 2 unspecified atom stereocenters. The van der Waals surface area contributed by atoms with Crippen LogP contribution in [0.2, 0.25) is 0 Å². The predicted molar refractivity (Wildman–Crippen MR) is 74.3 cm³/mol. The quantitative estimate of drug-likeness (QED) is 0.653. The Morgan fingerprint density at radius 2 is 1.80 bits per heavy atom. The first-order chi connectivity index (χ1) is 9.60. The van der Waals surface area contributed by atoms with Crippen molar-refractivity contribution < 1.29 is 19.0 Å². The SMILES string of the molecule is CCCC(CCO)CNCC(O)c1c(F)cccc1F. The van der Waals surface area contributed by atoms with Crippen LogP contribution in [0.5, 0.6) is 0 Å². The number of rotatable bonds is 9. The maximum Gasteiger partial charge on any atom is 0.131 e. The number of benzene rings is 1. The number of halogens is 2. The van der Waals surface area contributed by atoms with Crippen LogP contribution in [0.15, 0.2) is 18.2 Å². The monoisotopic (exact) mass is 287 g/mol. The molecule has 0 fully saturated rings. The van der Waals surface area contributed by atoms with Gasteiger partial charge in [-0.3, -0.25) is 0 Å². The van der Waals surface area contributed by atoms with Gasteiger partial charge in [-0.25, -0.2) is 8.78 Å². The average Bonchev–Trinajstić information content (AvgIpc) is 2.39. The molecule has 1 aromatic carbocycles. The zero-order chi connectivity index (χ0) is 15.0. The molecule has 0 spiro atoms. The number of hydrogen-bond donors (Lipinski definition) is 3. The Labute approximate surface area is 118 Å². The lowest BCUT2D eigenvalue weighted by Gasteiger charge is -2.18. The largest absolute Gasteiger partial charge is 0.396 e. The fourth-order valence-electron chi connectivity index (χ4n) is 2.29. The summed E-state index contributed by atoms with van der Waals surface area (Å²) in [5, 5.41) is 21.8. The van der Waals surface area contributed by atoms with E-state index in [1.807, 2.05) is 0 Å². The summed E-state index contributed by atoms with van der Waals surface area (Å²) >= 11 is 0. The van der Waals surface area contributed by atoms with Crippen LogP contribution in [0, 0.1) is 17.6 Å². The van der Waals surface area contributed by atoms with Gasteiger partial charge in [0.25, 0.3) is 0 Å². The van der Waals surface area contributed by atoms with E-state index in [0.29, 0.717) is 18.9 Å². The predicted octanol–water partition coefficient (Wildman–Crippen LogP) is 2.39. The minimum atomic E-state index is -1.22. The van der Waals surface area contributed by atoms with Crippen molar-refractivity contribution in [1.29, 1.82) is 0 Å². The summed E-state index contributed by atoms with van der Waals surface area (Å²) in [4.78, 5) is 0. The van der Waals surface area contributed by atoms with E-state index in [1.54, 1.807) is 0 Å². The molecule has 2 atom stereocenters. The molecular formula is C15H23F2NO2. The fraction of sp³-hybridized carbons (Fsp3) is 0.600. The van der Waals surface area contributed by atoms with Crippen LogP contribution in [0.3, 0.4) is 0 Å². The first-order valence-electron chi connectivity index (χ1n) is 7.03. The molecule has 3 N–H and O–H groups in total. The molecule has 0 bridgehead atoms. The average molecular weight is 287 g/mol. The summed E-state index contributed by atoms with van der Waals surface area (Å²) < 4.78 is 26.9. The molecule has 5 heteroatoms. The second-order valence-electron chi connectivity index (χ2n) is 4.98. The molecule has 0 saturated heterocycles. The van der Waals surface area contributed by atoms with E-state index in [-0.39, 0.29) is 18.7 Å². The second kappa shape index (κ2) is 9.00. The number of nitrogens with one attached hydrogen (secondary N) is 1. The molecule has 0 aliphatic carbocycles. The molecule has 1 aromatic rings. The standard InChI is InChI=1S/C15H23F2NO2/c1-2-4-11(7-8-19)9-18-10-14(20)15-12(16)5-3-6-13(15)17/h3,5-6,11,14,18-20H,2,4,7-10H2,1H3. The van der Waals surface area contributed by atoms with Crippen molar-refractivity contribution >= 4 is 0 Å².